The van der Waals surface area contributed by atoms with Gasteiger partial charge in [0.25, 0.3) is 5.91 Å². The van der Waals surface area contributed by atoms with E-state index < -0.39 is 0 Å². The number of amides is 1. The fourth-order valence-corrected chi connectivity index (χ4v) is 2.98. The first-order chi connectivity index (χ1) is 13.2. The van der Waals surface area contributed by atoms with E-state index in [1.165, 1.54) is 6.33 Å². The minimum Gasteiger partial charge on any atom is -0.357 e. The predicted octanol–water partition coefficient (Wildman–Crippen LogP) is 4.17. The predicted molar refractivity (Wildman–Crippen MR) is 109 cm³/mol. The second kappa shape index (κ2) is 8.94. The van der Waals surface area contributed by atoms with Crippen LogP contribution in [-0.2, 0) is 6.54 Å². The van der Waals surface area contributed by atoms with E-state index in [-0.39, 0.29) is 5.91 Å². The second-order valence-corrected chi connectivity index (χ2v) is 6.15. The van der Waals surface area contributed by atoms with Crippen molar-refractivity contribution >= 4 is 17.4 Å². The van der Waals surface area contributed by atoms with Crippen molar-refractivity contribution < 1.29 is 4.79 Å². The molecule has 0 unspecified atom stereocenters. The van der Waals surface area contributed by atoms with Gasteiger partial charge in [-0.05, 0) is 31.5 Å². The molecular weight excluding hydrogens is 336 g/mol. The minimum atomic E-state index is -0.138. The Morgan fingerprint density at radius 2 is 1.52 bits per heavy atom. The molecule has 0 saturated heterocycles. The molecule has 0 radical (unpaired) electrons. The molecule has 0 aliphatic rings. The molecule has 0 N–H and O–H groups in total. The average molecular weight is 360 g/mol. The molecule has 1 amide bonds. The zero-order valence-corrected chi connectivity index (χ0v) is 15.7. The van der Waals surface area contributed by atoms with Gasteiger partial charge >= 0.3 is 0 Å². The summed E-state index contributed by atoms with van der Waals surface area (Å²) in [6.07, 6.45) is 1.46. The third kappa shape index (κ3) is 4.50. The molecule has 3 rings (SSSR count). The van der Waals surface area contributed by atoms with Crippen molar-refractivity contribution in [1.29, 1.82) is 0 Å². The van der Waals surface area contributed by atoms with Gasteiger partial charge in [0.05, 0.1) is 6.54 Å². The van der Waals surface area contributed by atoms with Crippen LogP contribution in [0.2, 0.25) is 0 Å². The lowest BCUT2D eigenvalue weighted by Gasteiger charge is -2.24. The van der Waals surface area contributed by atoms with E-state index in [0.29, 0.717) is 12.2 Å². The Bertz CT molecular complexity index is 864. The van der Waals surface area contributed by atoms with Gasteiger partial charge in [-0.15, -0.1) is 0 Å². The summed E-state index contributed by atoms with van der Waals surface area (Å²) in [7, 11) is 0. The number of para-hydroxylation sites is 1. The summed E-state index contributed by atoms with van der Waals surface area (Å²) in [4.78, 5) is 25.7. The van der Waals surface area contributed by atoms with Crippen molar-refractivity contribution in [2.45, 2.75) is 20.4 Å². The van der Waals surface area contributed by atoms with Gasteiger partial charge in [-0.2, -0.15) is 0 Å². The normalized spacial score (nSPS) is 10.4. The number of hydrogen-bond acceptors (Lipinski definition) is 4. The molecule has 3 aromatic rings. The van der Waals surface area contributed by atoms with Crippen molar-refractivity contribution in [2.75, 3.05) is 22.9 Å². The van der Waals surface area contributed by atoms with E-state index in [4.69, 9.17) is 0 Å². The van der Waals surface area contributed by atoms with Gasteiger partial charge in [-0.1, -0.05) is 48.5 Å². The fourth-order valence-electron chi connectivity index (χ4n) is 2.98. The van der Waals surface area contributed by atoms with Crippen LogP contribution in [0, 0.1) is 0 Å². The molecule has 1 aromatic heterocycles. The lowest BCUT2D eigenvalue weighted by molar-refractivity contribution is 0.0980. The number of carbonyl (C=O) groups excluding carboxylic acids is 1. The van der Waals surface area contributed by atoms with Gasteiger partial charge in [-0.3, -0.25) is 4.79 Å². The van der Waals surface area contributed by atoms with Gasteiger partial charge in [0, 0.05) is 24.8 Å². The number of benzene rings is 2. The Hall–Kier alpha value is -3.21. The van der Waals surface area contributed by atoms with Crippen LogP contribution < -0.4 is 9.80 Å². The summed E-state index contributed by atoms with van der Waals surface area (Å²) >= 11 is 0. The van der Waals surface area contributed by atoms with E-state index in [9.17, 15) is 4.79 Å². The van der Waals surface area contributed by atoms with Gasteiger partial charge in [0.2, 0.25) is 0 Å². The Labute approximate surface area is 160 Å². The van der Waals surface area contributed by atoms with Crippen LogP contribution in [0.5, 0.6) is 0 Å². The van der Waals surface area contributed by atoms with Crippen molar-refractivity contribution in [3.8, 4) is 0 Å². The highest BCUT2D eigenvalue weighted by molar-refractivity contribution is 6.05. The third-order valence-electron chi connectivity index (χ3n) is 4.46. The quantitative estimate of drug-likeness (QED) is 0.634. The van der Waals surface area contributed by atoms with E-state index in [0.717, 1.165) is 30.2 Å². The number of aromatic nitrogens is 2. The van der Waals surface area contributed by atoms with Crippen LogP contribution in [0.25, 0.3) is 0 Å². The van der Waals surface area contributed by atoms with Crippen LogP contribution >= 0.6 is 0 Å². The average Bonchev–Trinajstić information content (AvgIpc) is 2.74. The fraction of sp³-hybridized carbons (Fsp3) is 0.227. The van der Waals surface area contributed by atoms with Crippen molar-refractivity contribution in [1.82, 2.24) is 9.97 Å². The highest BCUT2D eigenvalue weighted by Crippen LogP contribution is 2.20. The first-order valence-corrected chi connectivity index (χ1v) is 9.20. The molecule has 0 atom stereocenters. The molecule has 27 heavy (non-hydrogen) atoms. The third-order valence-corrected chi connectivity index (χ3v) is 4.46. The van der Waals surface area contributed by atoms with E-state index in [2.05, 4.69) is 28.7 Å². The molecular formula is C22H24N4O. The molecule has 138 valence electrons. The maximum absolute atomic E-state index is 13.3. The lowest BCUT2D eigenvalue weighted by Crippen LogP contribution is -2.31. The summed E-state index contributed by atoms with van der Waals surface area (Å²) in [6.45, 7) is 6.27. The standard InChI is InChI=1S/C22H24N4O/c1-3-25(4-2)21-15-20(23-17-24-21)22(27)26(19-13-9-6-10-14-19)16-18-11-7-5-8-12-18/h5-15,17H,3-4,16H2,1-2H3. The molecule has 0 aliphatic heterocycles. The molecule has 0 fully saturated rings. The van der Waals surface area contributed by atoms with Gasteiger partial charge in [0.1, 0.15) is 17.8 Å². The number of carbonyl (C=O) groups is 1. The number of nitrogens with zero attached hydrogens (tertiary/aromatic N) is 4. The van der Waals surface area contributed by atoms with Crippen LogP contribution in [0.1, 0.15) is 29.9 Å². The lowest BCUT2D eigenvalue weighted by atomic mass is 10.1. The number of hydrogen-bond donors (Lipinski definition) is 0. The maximum Gasteiger partial charge on any atom is 0.277 e. The summed E-state index contributed by atoms with van der Waals surface area (Å²) < 4.78 is 0. The molecule has 0 spiro atoms. The van der Waals surface area contributed by atoms with E-state index in [1.54, 1.807) is 11.0 Å². The summed E-state index contributed by atoms with van der Waals surface area (Å²) in [5.41, 5.74) is 2.30. The summed E-state index contributed by atoms with van der Waals surface area (Å²) in [5.74, 6) is 0.631. The Morgan fingerprint density at radius 1 is 0.889 bits per heavy atom. The Morgan fingerprint density at radius 3 is 2.15 bits per heavy atom. The molecule has 0 bridgehead atoms. The minimum absolute atomic E-state index is 0.138. The summed E-state index contributed by atoms with van der Waals surface area (Å²) in [5, 5.41) is 0. The smallest absolute Gasteiger partial charge is 0.277 e. The molecule has 2 aromatic carbocycles. The monoisotopic (exact) mass is 360 g/mol. The van der Waals surface area contributed by atoms with Gasteiger partial charge in [-0.25, -0.2) is 9.97 Å². The largest absolute Gasteiger partial charge is 0.357 e. The molecule has 5 nitrogen and oxygen atoms in total. The molecule has 1 heterocycles. The van der Waals surface area contributed by atoms with Crippen molar-refractivity contribution in [3.05, 3.63) is 84.3 Å². The van der Waals surface area contributed by atoms with Crippen LogP contribution in [-0.4, -0.2) is 29.0 Å². The first kappa shape index (κ1) is 18.6. The van der Waals surface area contributed by atoms with Crippen molar-refractivity contribution in [2.24, 2.45) is 0 Å². The highest BCUT2D eigenvalue weighted by Gasteiger charge is 2.20. The van der Waals surface area contributed by atoms with Crippen molar-refractivity contribution in [3.63, 3.8) is 0 Å². The van der Waals surface area contributed by atoms with Crippen LogP contribution in [0.15, 0.2) is 73.1 Å². The summed E-state index contributed by atoms with van der Waals surface area (Å²) in [6, 6.07) is 21.4. The molecule has 5 heteroatoms. The molecule has 0 saturated carbocycles. The topological polar surface area (TPSA) is 49.3 Å². The number of rotatable bonds is 7. The Balaban J connectivity index is 1.95. The Kier molecular flexibility index (Phi) is 6.15. The second-order valence-electron chi connectivity index (χ2n) is 6.15. The van der Waals surface area contributed by atoms with Gasteiger partial charge in [0.15, 0.2) is 0 Å². The van der Waals surface area contributed by atoms with E-state index in [1.807, 2.05) is 60.7 Å². The van der Waals surface area contributed by atoms with Crippen LogP contribution in [0.4, 0.5) is 11.5 Å². The van der Waals surface area contributed by atoms with E-state index >= 15 is 0 Å². The maximum atomic E-state index is 13.3. The van der Waals surface area contributed by atoms with Crippen LogP contribution in [0.3, 0.4) is 0 Å². The SMILES string of the molecule is CCN(CC)c1cc(C(=O)N(Cc2ccccc2)c2ccccc2)ncn1. The zero-order chi connectivity index (χ0) is 19.1. The molecule has 0 aliphatic carbocycles. The zero-order valence-electron chi connectivity index (χ0n) is 15.7. The van der Waals surface area contributed by atoms with Gasteiger partial charge < -0.3 is 9.80 Å². The highest BCUT2D eigenvalue weighted by atomic mass is 16.2. The number of anilines is 2. The first-order valence-electron chi connectivity index (χ1n) is 9.20.